The van der Waals surface area contributed by atoms with Gasteiger partial charge in [-0.2, -0.15) is 0 Å². The van der Waals surface area contributed by atoms with Gasteiger partial charge in [0.25, 0.3) is 11.5 Å². The Labute approximate surface area is 156 Å². The van der Waals surface area contributed by atoms with Crippen molar-refractivity contribution in [3.8, 4) is 5.75 Å². The number of nitrogens with zero attached hydrogens (tertiary/aromatic N) is 3. The first-order valence-corrected chi connectivity index (χ1v) is 9.06. The van der Waals surface area contributed by atoms with E-state index in [4.69, 9.17) is 0 Å². The number of carbonyl (C=O) groups excluding carboxylic acids is 1. The van der Waals surface area contributed by atoms with Gasteiger partial charge in [-0.05, 0) is 24.6 Å². The third kappa shape index (κ3) is 3.97. The molecule has 1 aromatic carbocycles. The van der Waals surface area contributed by atoms with Crippen LogP contribution in [0.15, 0.2) is 47.5 Å². The fraction of sp³-hybridized carbons (Fsp3) is 0.300. The highest BCUT2D eigenvalue weighted by Gasteiger charge is 2.22. The maximum atomic E-state index is 13.0. The van der Waals surface area contributed by atoms with Crippen LogP contribution in [-0.2, 0) is 6.54 Å². The fourth-order valence-electron chi connectivity index (χ4n) is 3.04. The van der Waals surface area contributed by atoms with Crippen molar-refractivity contribution in [2.75, 3.05) is 5.32 Å². The summed E-state index contributed by atoms with van der Waals surface area (Å²) < 4.78 is 1.56. The Kier molecular flexibility index (Phi) is 5.80. The molecule has 2 heterocycles. The van der Waals surface area contributed by atoms with Crippen LogP contribution in [0.5, 0.6) is 5.75 Å². The Morgan fingerprint density at radius 3 is 2.59 bits per heavy atom. The fourth-order valence-corrected chi connectivity index (χ4v) is 3.04. The number of pyridine rings is 1. The van der Waals surface area contributed by atoms with Gasteiger partial charge in [0.05, 0.1) is 5.52 Å². The molecule has 0 atom stereocenters. The number of aromatic hydroxyl groups is 1. The molecule has 0 fully saturated rings. The molecule has 0 aliphatic heterocycles. The molecule has 7 nitrogen and oxygen atoms in total. The number of unbranched alkanes of at least 4 members (excludes halogenated alkanes) is 3. The summed E-state index contributed by atoms with van der Waals surface area (Å²) in [4.78, 5) is 33.5. The van der Waals surface area contributed by atoms with Crippen molar-refractivity contribution in [2.24, 2.45) is 0 Å². The Bertz CT molecular complexity index is 999. The summed E-state index contributed by atoms with van der Waals surface area (Å²) in [7, 11) is 0. The van der Waals surface area contributed by atoms with Gasteiger partial charge in [0.1, 0.15) is 11.3 Å². The van der Waals surface area contributed by atoms with Crippen molar-refractivity contribution in [1.29, 1.82) is 0 Å². The summed E-state index contributed by atoms with van der Waals surface area (Å²) in [6, 6.07) is 8.66. The molecule has 2 N–H and O–H groups in total. The maximum absolute atomic E-state index is 13.0. The van der Waals surface area contributed by atoms with Gasteiger partial charge in [-0.3, -0.25) is 14.9 Å². The van der Waals surface area contributed by atoms with Gasteiger partial charge >= 0.3 is 0 Å². The molecule has 0 bridgehead atoms. The summed E-state index contributed by atoms with van der Waals surface area (Å²) in [6.45, 7) is 2.61. The van der Waals surface area contributed by atoms with E-state index in [-0.39, 0.29) is 17.3 Å². The summed E-state index contributed by atoms with van der Waals surface area (Å²) in [5.74, 6) is -0.977. The molecule has 3 aromatic rings. The zero-order valence-corrected chi connectivity index (χ0v) is 15.2. The number of para-hydroxylation sites is 1. The first kappa shape index (κ1) is 18.6. The van der Waals surface area contributed by atoms with Crippen molar-refractivity contribution in [2.45, 2.75) is 39.2 Å². The quantitative estimate of drug-likeness (QED) is 0.625. The molecule has 2 aromatic heterocycles. The zero-order valence-electron chi connectivity index (χ0n) is 15.2. The number of rotatable bonds is 7. The number of aryl methyl sites for hydroxylation is 1. The molecule has 0 radical (unpaired) electrons. The van der Waals surface area contributed by atoms with E-state index in [1.807, 2.05) is 0 Å². The SMILES string of the molecule is CCCCCCn1c(=O)c(C(=O)Nc2ncccn2)c(O)c2ccccc21. The average molecular weight is 366 g/mol. The predicted molar refractivity (Wildman–Crippen MR) is 104 cm³/mol. The molecule has 140 valence electrons. The highest BCUT2D eigenvalue weighted by molar-refractivity contribution is 6.08. The van der Waals surface area contributed by atoms with E-state index in [1.165, 1.54) is 12.4 Å². The second-order valence-electron chi connectivity index (χ2n) is 6.28. The Morgan fingerprint density at radius 1 is 1.11 bits per heavy atom. The second kappa shape index (κ2) is 8.44. The number of amides is 1. The number of anilines is 1. The van der Waals surface area contributed by atoms with Crippen LogP contribution in [0.3, 0.4) is 0 Å². The van der Waals surface area contributed by atoms with Crippen LogP contribution < -0.4 is 10.9 Å². The van der Waals surface area contributed by atoms with Crippen molar-refractivity contribution >= 4 is 22.8 Å². The standard InChI is InChI=1S/C20H22N4O3/c1-2-3-4-7-13-24-15-10-6-5-9-14(15)17(25)16(19(24)27)18(26)23-20-21-11-8-12-22-20/h5-6,8-12,25H,2-4,7,13H2,1H3,(H,21,22,23,26). The van der Waals surface area contributed by atoms with Crippen LogP contribution in [0.25, 0.3) is 10.9 Å². The van der Waals surface area contributed by atoms with Crippen LogP contribution >= 0.6 is 0 Å². The topological polar surface area (TPSA) is 97.1 Å². The predicted octanol–water partition coefficient (Wildman–Crippen LogP) is 3.33. The van der Waals surface area contributed by atoms with Crippen molar-refractivity contribution in [3.63, 3.8) is 0 Å². The molecular weight excluding hydrogens is 344 g/mol. The first-order valence-electron chi connectivity index (χ1n) is 9.06. The Morgan fingerprint density at radius 2 is 1.85 bits per heavy atom. The molecule has 0 unspecified atom stereocenters. The number of hydrogen-bond donors (Lipinski definition) is 2. The van der Waals surface area contributed by atoms with Crippen molar-refractivity contribution in [1.82, 2.24) is 14.5 Å². The van der Waals surface area contributed by atoms with Gasteiger partial charge in [-0.25, -0.2) is 9.97 Å². The third-order valence-corrected chi connectivity index (χ3v) is 4.40. The molecule has 3 rings (SSSR count). The van der Waals surface area contributed by atoms with Gasteiger partial charge in [0.2, 0.25) is 5.95 Å². The normalized spacial score (nSPS) is 10.9. The van der Waals surface area contributed by atoms with Gasteiger partial charge in [-0.1, -0.05) is 38.3 Å². The molecule has 7 heteroatoms. The molecule has 1 amide bonds. The summed E-state index contributed by atoms with van der Waals surface area (Å²) in [5, 5.41) is 13.5. The van der Waals surface area contributed by atoms with Gasteiger partial charge in [0.15, 0.2) is 0 Å². The highest BCUT2D eigenvalue weighted by atomic mass is 16.3. The van der Waals surface area contributed by atoms with Crippen LogP contribution in [0, 0.1) is 0 Å². The Balaban J connectivity index is 2.04. The lowest BCUT2D eigenvalue weighted by Gasteiger charge is -2.14. The van der Waals surface area contributed by atoms with E-state index in [0.29, 0.717) is 17.4 Å². The minimum atomic E-state index is -0.725. The van der Waals surface area contributed by atoms with Gasteiger partial charge in [-0.15, -0.1) is 0 Å². The molecule has 27 heavy (non-hydrogen) atoms. The van der Waals surface area contributed by atoms with Crippen LogP contribution in [0.4, 0.5) is 5.95 Å². The van der Waals surface area contributed by atoms with Crippen LogP contribution in [0.1, 0.15) is 43.0 Å². The van der Waals surface area contributed by atoms with E-state index in [9.17, 15) is 14.7 Å². The lowest BCUT2D eigenvalue weighted by atomic mass is 10.1. The van der Waals surface area contributed by atoms with Crippen molar-refractivity contribution in [3.05, 3.63) is 58.6 Å². The first-order chi connectivity index (χ1) is 13.1. The number of carbonyl (C=O) groups is 1. The molecular formula is C20H22N4O3. The minimum absolute atomic E-state index is 0.0731. The van der Waals surface area contributed by atoms with Crippen molar-refractivity contribution < 1.29 is 9.90 Å². The Hall–Kier alpha value is -3.22. The summed E-state index contributed by atoms with van der Waals surface area (Å²) in [5.41, 5.74) is -0.197. The average Bonchev–Trinajstić information content (AvgIpc) is 2.68. The number of nitrogens with one attached hydrogen (secondary N) is 1. The molecule has 0 saturated heterocycles. The van der Waals surface area contributed by atoms with E-state index in [0.717, 1.165) is 25.7 Å². The maximum Gasteiger partial charge on any atom is 0.267 e. The lowest BCUT2D eigenvalue weighted by molar-refractivity contribution is 0.102. The molecule has 0 saturated carbocycles. The van der Waals surface area contributed by atoms with Gasteiger partial charge < -0.3 is 9.67 Å². The second-order valence-corrected chi connectivity index (χ2v) is 6.28. The largest absolute Gasteiger partial charge is 0.506 e. The molecule has 0 spiro atoms. The molecule has 0 aliphatic rings. The summed E-state index contributed by atoms with van der Waals surface area (Å²) in [6.07, 6.45) is 6.96. The number of hydrogen-bond acceptors (Lipinski definition) is 5. The monoisotopic (exact) mass is 366 g/mol. The van der Waals surface area contributed by atoms with E-state index >= 15 is 0 Å². The van der Waals surface area contributed by atoms with E-state index in [2.05, 4.69) is 22.2 Å². The lowest BCUT2D eigenvalue weighted by Crippen LogP contribution is -2.30. The van der Waals surface area contributed by atoms with Crippen LogP contribution in [-0.4, -0.2) is 25.5 Å². The number of benzene rings is 1. The summed E-state index contributed by atoms with van der Waals surface area (Å²) >= 11 is 0. The number of aromatic nitrogens is 3. The van der Waals surface area contributed by atoms with E-state index < -0.39 is 11.5 Å². The third-order valence-electron chi connectivity index (χ3n) is 4.40. The smallest absolute Gasteiger partial charge is 0.267 e. The minimum Gasteiger partial charge on any atom is -0.506 e. The van der Waals surface area contributed by atoms with Gasteiger partial charge in [0, 0.05) is 24.3 Å². The number of fused-ring (bicyclic) bond motifs is 1. The van der Waals surface area contributed by atoms with Crippen LogP contribution in [0.2, 0.25) is 0 Å². The highest BCUT2D eigenvalue weighted by Crippen LogP contribution is 2.27. The molecule has 0 aliphatic carbocycles. The van der Waals surface area contributed by atoms with E-state index in [1.54, 1.807) is 34.9 Å². The zero-order chi connectivity index (χ0) is 19.2.